The minimum atomic E-state index is -1.50. The Morgan fingerprint density at radius 1 is 1.27 bits per heavy atom. The predicted molar refractivity (Wildman–Crippen MR) is 29.2 cm³/mol. The molecule has 0 spiro atoms. The predicted octanol–water partition coefficient (Wildman–Crippen LogP) is -2.04. The van der Waals surface area contributed by atoms with Crippen LogP contribution in [0, 0.1) is 6.29 Å². The summed E-state index contributed by atoms with van der Waals surface area (Å²) in [6, 6.07) is 0. The first-order valence-corrected chi connectivity index (χ1v) is 2.85. The van der Waals surface area contributed by atoms with Crippen LogP contribution in [-0.2, 0) is 25.8 Å². The van der Waals surface area contributed by atoms with Crippen molar-refractivity contribution in [1.29, 1.82) is 0 Å². The molecule has 0 saturated carbocycles. The molecule has 11 heavy (non-hydrogen) atoms. The Morgan fingerprint density at radius 3 is 2.27 bits per heavy atom. The maximum Gasteiger partial charge on any atom is 0.100 e. The van der Waals surface area contributed by atoms with Crippen molar-refractivity contribution in [3.05, 3.63) is 6.29 Å². The first-order chi connectivity index (χ1) is 4.63. The van der Waals surface area contributed by atoms with Crippen molar-refractivity contribution < 1.29 is 46.2 Å². The van der Waals surface area contributed by atoms with Gasteiger partial charge in [-0.1, -0.05) is 6.29 Å². The molecule has 4 N–H and O–H groups in total. The average molecular weight is 344 g/mol. The van der Waals surface area contributed by atoms with Gasteiger partial charge in [0.15, 0.2) is 0 Å². The van der Waals surface area contributed by atoms with Gasteiger partial charge < -0.3 is 25.2 Å². The Bertz CT molecular complexity index is 107. The molecule has 0 aromatic rings. The van der Waals surface area contributed by atoms with Gasteiger partial charge in [-0.25, -0.2) is 0 Å². The molecule has 1 aliphatic rings. The second-order valence-corrected chi connectivity index (χ2v) is 2.15. The molecule has 0 aromatic heterocycles. The van der Waals surface area contributed by atoms with Gasteiger partial charge >= 0.3 is 0 Å². The summed E-state index contributed by atoms with van der Waals surface area (Å²) in [5, 5.41) is 35.1. The molecule has 3 atom stereocenters. The van der Waals surface area contributed by atoms with E-state index in [-0.39, 0.29) is 27.7 Å². The Morgan fingerprint density at radius 2 is 1.82 bits per heavy atom. The summed E-state index contributed by atoms with van der Waals surface area (Å²) in [6.45, 7) is -0.190. The van der Waals surface area contributed by atoms with Crippen molar-refractivity contribution >= 4 is 0 Å². The standard InChI is InChI=1S/C5H9O5.Pt/c6-2-1-10-5(9)4(8)3(2)7;/h2-4,6-9H,1H2;/q-1;/t2-,3+,4-;/m1./s1. The van der Waals surface area contributed by atoms with E-state index >= 15 is 0 Å². The van der Waals surface area contributed by atoms with Crippen molar-refractivity contribution in [2.45, 2.75) is 18.3 Å². The summed E-state index contributed by atoms with van der Waals surface area (Å²) in [5.41, 5.74) is 0. The van der Waals surface area contributed by atoms with E-state index in [0.717, 1.165) is 0 Å². The topological polar surface area (TPSA) is 90.2 Å². The van der Waals surface area contributed by atoms with Gasteiger partial charge in [-0.3, -0.25) is 0 Å². The van der Waals surface area contributed by atoms with Crippen molar-refractivity contribution in [2.24, 2.45) is 0 Å². The molecule has 1 rings (SSSR count). The van der Waals surface area contributed by atoms with Crippen LogP contribution >= 0.6 is 0 Å². The maximum absolute atomic E-state index is 8.86. The Kier molecular flexibility index (Phi) is 4.70. The van der Waals surface area contributed by atoms with Crippen LogP contribution in [0.2, 0.25) is 0 Å². The number of aliphatic hydroxyl groups excluding tert-OH is 4. The summed E-state index contributed by atoms with van der Waals surface area (Å²) in [7, 11) is 0. The molecule has 70 valence electrons. The van der Waals surface area contributed by atoms with E-state index in [2.05, 4.69) is 4.74 Å². The Balaban J connectivity index is 0.000001000. The molecule has 0 aliphatic carbocycles. The third-order valence-corrected chi connectivity index (χ3v) is 1.37. The molecule has 0 bridgehead atoms. The van der Waals surface area contributed by atoms with Crippen LogP contribution in [0.25, 0.3) is 0 Å². The molecule has 1 fully saturated rings. The molecule has 0 unspecified atom stereocenters. The molecule has 6 heteroatoms. The van der Waals surface area contributed by atoms with Gasteiger partial charge in [0.1, 0.15) is 6.10 Å². The number of aliphatic hydroxyl groups is 4. The van der Waals surface area contributed by atoms with E-state index in [0.29, 0.717) is 0 Å². The zero-order valence-electron chi connectivity index (χ0n) is 5.45. The monoisotopic (exact) mass is 344 g/mol. The van der Waals surface area contributed by atoms with Gasteiger partial charge in [0.05, 0.1) is 6.10 Å². The third-order valence-electron chi connectivity index (χ3n) is 1.37. The SMILES string of the molecule is O[C-]1OC[C@@H](O)[C@H](O)[C@H]1O.[Pt]. The van der Waals surface area contributed by atoms with Crippen LogP contribution in [0.15, 0.2) is 0 Å². The van der Waals surface area contributed by atoms with E-state index in [1.165, 1.54) is 0 Å². The van der Waals surface area contributed by atoms with Crippen molar-refractivity contribution in [3.8, 4) is 0 Å². The minimum absolute atomic E-state index is 0. The summed E-state index contributed by atoms with van der Waals surface area (Å²) in [6.07, 6.45) is -4.62. The van der Waals surface area contributed by atoms with Crippen LogP contribution in [0.4, 0.5) is 0 Å². The number of hydrogen-bond acceptors (Lipinski definition) is 5. The van der Waals surface area contributed by atoms with Gasteiger partial charge in [0.25, 0.3) is 0 Å². The first-order valence-electron chi connectivity index (χ1n) is 2.85. The smallest absolute Gasteiger partial charge is 0.100 e. The summed E-state index contributed by atoms with van der Waals surface area (Å²) < 4.78 is 4.38. The van der Waals surface area contributed by atoms with Gasteiger partial charge in [-0.05, 0) is 0 Å². The molecule has 1 aliphatic heterocycles. The Hall–Kier alpha value is 0.488. The minimum Gasteiger partial charge on any atom is -0.533 e. The second-order valence-electron chi connectivity index (χ2n) is 2.15. The van der Waals surface area contributed by atoms with Crippen molar-refractivity contribution in [2.75, 3.05) is 6.61 Å². The quantitative estimate of drug-likeness (QED) is 0.380. The normalized spacial score (nSPS) is 39.8. The molecule has 0 amide bonds. The van der Waals surface area contributed by atoms with Gasteiger partial charge in [0, 0.05) is 33.8 Å². The van der Waals surface area contributed by atoms with E-state index in [9.17, 15) is 0 Å². The van der Waals surface area contributed by atoms with Crippen molar-refractivity contribution in [1.82, 2.24) is 0 Å². The van der Waals surface area contributed by atoms with Crippen LogP contribution in [0.3, 0.4) is 0 Å². The zero-order valence-corrected chi connectivity index (χ0v) is 7.72. The molecule has 0 aromatic carbocycles. The van der Waals surface area contributed by atoms with E-state index < -0.39 is 24.6 Å². The third kappa shape index (κ3) is 2.47. The number of ether oxygens (including phenoxy) is 1. The second kappa shape index (κ2) is 4.50. The van der Waals surface area contributed by atoms with Gasteiger partial charge in [-0.15, -0.1) is 0 Å². The number of rotatable bonds is 0. The summed E-state index contributed by atoms with van der Waals surface area (Å²) >= 11 is 0. The summed E-state index contributed by atoms with van der Waals surface area (Å²) in [4.78, 5) is 0. The summed E-state index contributed by atoms with van der Waals surface area (Å²) in [5.74, 6) is 0. The fourth-order valence-corrected chi connectivity index (χ4v) is 0.711. The molecule has 0 radical (unpaired) electrons. The Labute approximate surface area is 77.9 Å². The average Bonchev–Trinajstić information content (AvgIpc) is 1.93. The molecule has 1 heterocycles. The number of hydrogen-bond donors (Lipinski definition) is 4. The van der Waals surface area contributed by atoms with Gasteiger partial charge in [-0.2, -0.15) is 0 Å². The zero-order chi connectivity index (χ0) is 7.72. The van der Waals surface area contributed by atoms with E-state index in [1.54, 1.807) is 0 Å². The van der Waals surface area contributed by atoms with Crippen LogP contribution in [0.5, 0.6) is 0 Å². The van der Waals surface area contributed by atoms with E-state index in [1.807, 2.05) is 0 Å². The molecule has 5 nitrogen and oxygen atoms in total. The maximum atomic E-state index is 8.86. The fourth-order valence-electron chi connectivity index (χ4n) is 0.711. The van der Waals surface area contributed by atoms with Crippen LogP contribution < -0.4 is 0 Å². The molecule has 1 saturated heterocycles. The molecular formula is C5H9O5Pt-. The van der Waals surface area contributed by atoms with Crippen LogP contribution in [-0.4, -0.2) is 45.3 Å². The largest absolute Gasteiger partial charge is 0.533 e. The molecular weight excluding hydrogens is 335 g/mol. The van der Waals surface area contributed by atoms with Crippen molar-refractivity contribution in [3.63, 3.8) is 0 Å². The first kappa shape index (κ1) is 11.5. The van der Waals surface area contributed by atoms with Gasteiger partial charge in [0.2, 0.25) is 0 Å². The van der Waals surface area contributed by atoms with E-state index in [4.69, 9.17) is 20.4 Å². The van der Waals surface area contributed by atoms with Crippen LogP contribution in [0.1, 0.15) is 0 Å². The fraction of sp³-hybridized carbons (Fsp3) is 0.800.